The molecule has 0 aromatic heterocycles. The van der Waals surface area contributed by atoms with E-state index in [-0.39, 0.29) is 5.91 Å². The van der Waals surface area contributed by atoms with E-state index >= 15 is 0 Å². The van der Waals surface area contributed by atoms with Gasteiger partial charge in [-0.1, -0.05) is 19.1 Å². The summed E-state index contributed by atoms with van der Waals surface area (Å²) in [4.78, 5) is 14.0. The second kappa shape index (κ2) is 6.56. The van der Waals surface area contributed by atoms with E-state index in [4.69, 9.17) is 17.0 Å². The smallest absolute Gasteiger partial charge is 0.262 e. The normalized spacial score (nSPS) is 16.9. The van der Waals surface area contributed by atoms with E-state index in [9.17, 15) is 4.79 Å². The predicted molar refractivity (Wildman–Crippen MR) is 83.2 cm³/mol. The van der Waals surface area contributed by atoms with E-state index in [1.165, 1.54) is 0 Å². The number of nitrogens with one attached hydrogen (secondary N) is 2. The molecule has 1 aliphatic heterocycles. The summed E-state index contributed by atoms with van der Waals surface area (Å²) in [6, 6.07) is 7.58. The third-order valence-electron chi connectivity index (χ3n) is 3.07. The van der Waals surface area contributed by atoms with Gasteiger partial charge in [-0.15, -0.1) is 0 Å². The van der Waals surface area contributed by atoms with Crippen molar-refractivity contribution in [3.8, 4) is 5.75 Å². The first-order chi connectivity index (χ1) is 9.67. The Labute approximate surface area is 124 Å². The van der Waals surface area contributed by atoms with Crippen LogP contribution in [0, 0.1) is 0 Å². The fourth-order valence-corrected chi connectivity index (χ4v) is 2.23. The van der Waals surface area contributed by atoms with Crippen molar-refractivity contribution < 1.29 is 9.53 Å². The lowest BCUT2D eigenvalue weighted by atomic mass is 10.2. The number of para-hydroxylation sites is 2. The number of hydrogen-bond donors (Lipinski definition) is 2. The molecule has 1 amide bonds. The Morgan fingerprint density at radius 2 is 2.25 bits per heavy atom. The SMILES string of the molecule is CCCNC(=O)[C@@H]1CN(C(=S)NC)c2ccccc2O1. The van der Waals surface area contributed by atoms with Gasteiger partial charge in [0.25, 0.3) is 5.91 Å². The summed E-state index contributed by atoms with van der Waals surface area (Å²) < 4.78 is 5.77. The molecule has 1 aromatic carbocycles. The van der Waals surface area contributed by atoms with Crippen LogP contribution in [0.4, 0.5) is 5.69 Å². The predicted octanol–water partition coefficient (Wildman–Crippen LogP) is 1.28. The lowest BCUT2D eigenvalue weighted by Gasteiger charge is -2.35. The Morgan fingerprint density at radius 1 is 1.50 bits per heavy atom. The minimum Gasteiger partial charge on any atom is -0.477 e. The number of carbonyl (C=O) groups excluding carboxylic acids is 1. The molecular weight excluding hydrogens is 274 g/mol. The monoisotopic (exact) mass is 293 g/mol. The molecule has 1 aromatic rings. The van der Waals surface area contributed by atoms with Crippen LogP contribution < -0.4 is 20.3 Å². The second-order valence-corrected chi connectivity index (χ2v) is 4.92. The van der Waals surface area contributed by atoms with Crippen molar-refractivity contribution in [2.45, 2.75) is 19.4 Å². The van der Waals surface area contributed by atoms with Crippen LogP contribution in [-0.2, 0) is 4.79 Å². The van der Waals surface area contributed by atoms with Crippen LogP contribution in [-0.4, -0.2) is 37.3 Å². The summed E-state index contributed by atoms with van der Waals surface area (Å²) in [5.74, 6) is 0.568. The topological polar surface area (TPSA) is 53.6 Å². The minimum atomic E-state index is -0.553. The molecule has 108 valence electrons. The van der Waals surface area contributed by atoms with Gasteiger partial charge in [0.1, 0.15) is 5.75 Å². The van der Waals surface area contributed by atoms with E-state index in [1.54, 1.807) is 7.05 Å². The Hall–Kier alpha value is -1.82. The molecular formula is C14H19N3O2S. The highest BCUT2D eigenvalue weighted by Crippen LogP contribution is 2.33. The van der Waals surface area contributed by atoms with Gasteiger partial charge in [0.2, 0.25) is 0 Å². The van der Waals surface area contributed by atoms with Crippen LogP contribution in [0.1, 0.15) is 13.3 Å². The van der Waals surface area contributed by atoms with E-state index < -0.39 is 6.10 Å². The highest BCUT2D eigenvalue weighted by atomic mass is 32.1. The molecule has 20 heavy (non-hydrogen) atoms. The van der Waals surface area contributed by atoms with Gasteiger partial charge in [0.05, 0.1) is 12.2 Å². The zero-order valence-corrected chi connectivity index (χ0v) is 12.5. The standard InChI is InChI=1S/C14H19N3O2S/c1-3-8-16-13(18)12-9-17(14(20)15-2)10-6-4-5-7-11(10)19-12/h4-7,12H,3,8-9H2,1-2H3,(H,15,20)(H,16,18)/t12-/m0/s1. The molecule has 0 aliphatic carbocycles. The van der Waals surface area contributed by atoms with Crippen molar-refractivity contribution in [3.05, 3.63) is 24.3 Å². The molecule has 2 N–H and O–H groups in total. The highest BCUT2D eigenvalue weighted by Gasteiger charge is 2.31. The van der Waals surface area contributed by atoms with Gasteiger partial charge in [0.15, 0.2) is 11.2 Å². The number of rotatable bonds is 3. The van der Waals surface area contributed by atoms with E-state index in [2.05, 4.69) is 10.6 Å². The van der Waals surface area contributed by atoms with Gasteiger partial charge < -0.3 is 20.3 Å². The third-order valence-corrected chi connectivity index (χ3v) is 3.50. The van der Waals surface area contributed by atoms with Crippen molar-refractivity contribution in [2.24, 2.45) is 0 Å². The molecule has 0 saturated heterocycles. The van der Waals surface area contributed by atoms with Crippen molar-refractivity contribution >= 4 is 28.9 Å². The number of ether oxygens (including phenoxy) is 1. The maximum absolute atomic E-state index is 12.1. The van der Waals surface area contributed by atoms with E-state index in [1.807, 2.05) is 36.1 Å². The van der Waals surface area contributed by atoms with Crippen LogP contribution in [0.5, 0.6) is 5.75 Å². The zero-order chi connectivity index (χ0) is 14.5. The van der Waals surface area contributed by atoms with Gasteiger partial charge in [0, 0.05) is 13.6 Å². The van der Waals surface area contributed by atoms with E-state index in [0.717, 1.165) is 12.1 Å². The van der Waals surface area contributed by atoms with Crippen molar-refractivity contribution in [2.75, 3.05) is 25.0 Å². The molecule has 0 unspecified atom stereocenters. The summed E-state index contributed by atoms with van der Waals surface area (Å²) >= 11 is 5.31. The quantitative estimate of drug-likeness (QED) is 0.822. The maximum Gasteiger partial charge on any atom is 0.262 e. The molecule has 1 atom stereocenters. The van der Waals surface area contributed by atoms with Crippen molar-refractivity contribution in [3.63, 3.8) is 0 Å². The molecule has 2 rings (SSSR count). The first-order valence-corrected chi connectivity index (χ1v) is 7.10. The summed E-state index contributed by atoms with van der Waals surface area (Å²) in [5.41, 5.74) is 0.881. The fourth-order valence-electron chi connectivity index (χ4n) is 2.06. The van der Waals surface area contributed by atoms with Gasteiger partial charge in [-0.3, -0.25) is 4.79 Å². The van der Waals surface area contributed by atoms with Crippen LogP contribution in [0.15, 0.2) is 24.3 Å². The molecule has 0 spiro atoms. The molecule has 0 bridgehead atoms. The second-order valence-electron chi connectivity index (χ2n) is 4.53. The average molecular weight is 293 g/mol. The molecule has 1 aliphatic rings. The van der Waals surface area contributed by atoms with Gasteiger partial charge in [-0.25, -0.2) is 0 Å². The third kappa shape index (κ3) is 3.01. The molecule has 0 radical (unpaired) electrons. The number of nitrogens with zero attached hydrogens (tertiary/aromatic N) is 1. The Bertz CT molecular complexity index is 507. The summed E-state index contributed by atoms with van der Waals surface area (Å²) in [5, 5.41) is 6.38. The van der Waals surface area contributed by atoms with E-state index in [0.29, 0.717) is 24.0 Å². The summed E-state index contributed by atoms with van der Waals surface area (Å²) in [7, 11) is 1.77. The minimum absolute atomic E-state index is 0.106. The van der Waals surface area contributed by atoms with Gasteiger partial charge in [-0.2, -0.15) is 0 Å². The van der Waals surface area contributed by atoms with Crippen LogP contribution in [0.3, 0.4) is 0 Å². The first kappa shape index (κ1) is 14.6. The number of anilines is 1. The average Bonchev–Trinajstić information content (AvgIpc) is 2.50. The molecule has 6 heteroatoms. The maximum atomic E-state index is 12.1. The van der Waals surface area contributed by atoms with Crippen molar-refractivity contribution in [1.29, 1.82) is 0 Å². The largest absolute Gasteiger partial charge is 0.477 e. The summed E-state index contributed by atoms with van der Waals surface area (Å²) in [6.07, 6.45) is 0.344. The summed E-state index contributed by atoms with van der Waals surface area (Å²) in [6.45, 7) is 3.07. The number of fused-ring (bicyclic) bond motifs is 1. The molecule has 0 saturated carbocycles. The fraction of sp³-hybridized carbons (Fsp3) is 0.429. The molecule has 1 heterocycles. The highest BCUT2D eigenvalue weighted by molar-refractivity contribution is 7.80. The van der Waals surface area contributed by atoms with Crippen LogP contribution in [0.25, 0.3) is 0 Å². The number of hydrogen-bond acceptors (Lipinski definition) is 3. The molecule has 5 nitrogen and oxygen atoms in total. The number of amides is 1. The number of carbonyl (C=O) groups is 1. The first-order valence-electron chi connectivity index (χ1n) is 6.70. The zero-order valence-electron chi connectivity index (χ0n) is 11.7. The van der Waals surface area contributed by atoms with Crippen LogP contribution >= 0.6 is 12.2 Å². The van der Waals surface area contributed by atoms with Crippen LogP contribution in [0.2, 0.25) is 0 Å². The lowest BCUT2D eigenvalue weighted by Crippen LogP contribution is -2.52. The number of thiocarbonyl (C=S) groups is 1. The van der Waals surface area contributed by atoms with Gasteiger partial charge >= 0.3 is 0 Å². The molecule has 0 fully saturated rings. The van der Waals surface area contributed by atoms with Gasteiger partial charge in [-0.05, 0) is 30.8 Å². The Kier molecular flexibility index (Phi) is 4.79. The number of benzene rings is 1. The van der Waals surface area contributed by atoms with Crippen molar-refractivity contribution in [1.82, 2.24) is 10.6 Å². The Balaban J connectivity index is 2.22. The Morgan fingerprint density at radius 3 is 2.95 bits per heavy atom. The lowest BCUT2D eigenvalue weighted by molar-refractivity contribution is -0.127.